The maximum absolute atomic E-state index is 13.3. The highest BCUT2D eigenvalue weighted by Gasteiger charge is 2.21. The molecule has 186 valence electrons. The summed E-state index contributed by atoms with van der Waals surface area (Å²) in [5.74, 6) is 0.306. The predicted molar refractivity (Wildman–Crippen MR) is 136 cm³/mol. The first-order valence-electron chi connectivity index (χ1n) is 10.9. The number of carbonyl (C=O) groups is 1. The molecule has 0 fully saturated rings. The van der Waals surface area contributed by atoms with Crippen molar-refractivity contribution in [3.8, 4) is 17.0 Å². The highest BCUT2D eigenvalue weighted by atomic mass is 32.2. The van der Waals surface area contributed by atoms with Gasteiger partial charge in [-0.15, -0.1) is 0 Å². The normalized spacial score (nSPS) is 11.6. The number of halogens is 1. The van der Waals surface area contributed by atoms with E-state index in [1.165, 1.54) is 18.3 Å². The first-order chi connectivity index (χ1) is 17.3. The number of nitrogens with one attached hydrogen (secondary N) is 3. The molecule has 12 heteroatoms. The smallest absolute Gasteiger partial charge is 0.254 e. The first kappa shape index (κ1) is 24.8. The Morgan fingerprint density at radius 2 is 1.94 bits per heavy atom. The van der Waals surface area contributed by atoms with Gasteiger partial charge in [-0.05, 0) is 36.8 Å². The van der Waals surface area contributed by atoms with Gasteiger partial charge in [-0.1, -0.05) is 25.1 Å². The Balaban J connectivity index is 1.68. The molecular formula is C24H24FN7O3S. The van der Waals surface area contributed by atoms with Crippen LogP contribution in [0.15, 0.2) is 54.9 Å². The molecule has 0 aliphatic carbocycles. The summed E-state index contributed by atoms with van der Waals surface area (Å²) in [6.45, 7) is 3.73. The van der Waals surface area contributed by atoms with Gasteiger partial charge in [0.25, 0.3) is 5.91 Å². The Bertz CT molecular complexity index is 1390. The van der Waals surface area contributed by atoms with Crippen LogP contribution in [0.3, 0.4) is 0 Å². The summed E-state index contributed by atoms with van der Waals surface area (Å²) >= 11 is 0. The zero-order valence-electron chi connectivity index (χ0n) is 19.5. The molecule has 5 N–H and O–H groups in total. The van der Waals surface area contributed by atoms with Gasteiger partial charge < -0.3 is 20.5 Å². The van der Waals surface area contributed by atoms with Crippen molar-refractivity contribution >= 4 is 34.2 Å². The highest BCUT2D eigenvalue weighted by Crippen LogP contribution is 2.34. The number of ether oxygens (including phenoxy) is 1. The summed E-state index contributed by atoms with van der Waals surface area (Å²) in [5.41, 5.74) is 8.71. The van der Waals surface area contributed by atoms with Crippen LogP contribution >= 0.6 is 0 Å². The fourth-order valence-electron chi connectivity index (χ4n) is 3.28. The molecule has 2 aromatic carbocycles. The minimum Gasteiger partial charge on any atom is -0.487 e. The molecule has 0 spiro atoms. The Kier molecular flexibility index (Phi) is 7.54. The summed E-state index contributed by atoms with van der Waals surface area (Å²) in [7, 11) is -1.32. The highest BCUT2D eigenvalue weighted by molar-refractivity contribution is 7.86. The average molecular weight is 510 g/mol. The molecule has 4 aromatic rings. The number of aromatic nitrogens is 4. The van der Waals surface area contributed by atoms with Crippen molar-refractivity contribution in [2.45, 2.75) is 20.5 Å². The van der Waals surface area contributed by atoms with E-state index in [0.29, 0.717) is 34.3 Å². The Morgan fingerprint density at radius 3 is 2.61 bits per heavy atom. The molecule has 1 atom stereocenters. The second kappa shape index (κ2) is 11.0. The van der Waals surface area contributed by atoms with Crippen molar-refractivity contribution in [1.29, 1.82) is 0 Å². The number of hydrogen-bond donors (Lipinski definition) is 4. The number of aromatic amines is 1. The van der Waals surface area contributed by atoms with E-state index in [0.717, 1.165) is 11.3 Å². The van der Waals surface area contributed by atoms with Crippen LogP contribution in [0.4, 0.5) is 21.7 Å². The van der Waals surface area contributed by atoms with E-state index in [-0.39, 0.29) is 23.8 Å². The zero-order valence-corrected chi connectivity index (χ0v) is 20.4. The molecule has 0 bridgehead atoms. The number of rotatable bonds is 10. The fraction of sp³-hybridized carbons (Fsp3) is 0.167. The summed E-state index contributed by atoms with van der Waals surface area (Å²) < 4.78 is 34.3. The average Bonchev–Trinajstić information content (AvgIpc) is 3.29. The SMILES string of the molecule is CCS(=O)Nc1ccc(-c2[nH]nc(Nc3cnc(C)cn3)c2C(N)=O)cc1OCc1ccc(F)cc1. The third-order valence-electron chi connectivity index (χ3n) is 5.10. The van der Waals surface area contributed by atoms with E-state index in [4.69, 9.17) is 10.5 Å². The molecule has 0 saturated carbocycles. The van der Waals surface area contributed by atoms with Gasteiger partial charge in [0.15, 0.2) is 5.82 Å². The Hall–Kier alpha value is -4.32. The van der Waals surface area contributed by atoms with Gasteiger partial charge in [0.2, 0.25) is 0 Å². The van der Waals surface area contributed by atoms with Crippen LogP contribution in [0.25, 0.3) is 11.3 Å². The van der Waals surface area contributed by atoms with E-state index in [2.05, 4.69) is 30.2 Å². The third kappa shape index (κ3) is 5.84. The second-order valence-electron chi connectivity index (χ2n) is 7.72. The van der Waals surface area contributed by atoms with E-state index in [1.54, 1.807) is 43.5 Å². The Labute approximate surface area is 209 Å². The van der Waals surface area contributed by atoms with Crippen LogP contribution < -0.4 is 20.5 Å². The predicted octanol–water partition coefficient (Wildman–Crippen LogP) is 3.83. The number of H-pyrrole nitrogens is 1. The van der Waals surface area contributed by atoms with Gasteiger partial charge in [-0.25, -0.2) is 13.6 Å². The number of amides is 1. The summed E-state index contributed by atoms with van der Waals surface area (Å²) in [4.78, 5) is 20.8. The van der Waals surface area contributed by atoms with Crippen LogP contribution in [0.5, 0.6) is 5.75 Å². The molecule has 4 rings (SSSR count). The number of hydrogen-bond acceptors (Lipinski definition) is 7. The van der Waals surface area contributed by atoms with Crippen LogP contribution in [0.2, 0.25) is 0 Å². The van der Waals surface area contributed by atoms with Crippen molar-refractivity contribution in [3.63, 3.8) is 0 Å². The topological polar surface area (TPSA) is 148 Å². The molecular weight excluding hydrogens is 485 g/mol. The quantitative estimate of drug-likeness (QED) is 0.254. The third-order valence-corrected chi connectivity index (χ3v) is 6.08. The molecule has 2 aromatic heterocycles. The number of anilines is 3. The molecule has 0 radical (unpaired) electrons. The van der Waals surface area contributed by atoms with Gasteiger partial charge in [0, 0.05) is 11.3 Å². The van der Waals surface area contributed by atoms with Crippen molar-refractivity contribution in [1.82, 2.24) is 20.2 Å². The van der Waals surface area contributed by atoms with Crippen LogP contribution in [0, 0.1) is 12.7 Å². The number of nitrogens with two attached hydrogens (primary N) is 1. The number of carbonyl (C=O) groups excluding carboxylic acids is 1. The van der Waals surface area contributed by atoms with Gasteiger partial charge in [0.05, 0.1) is 29.5 Å². The maximum Gasteiger partial charge on any atom is 0.254 e. The maximum atomic E-state index is 13.3. The summed E-state index contributed by atoms with van der Waals surface area (Å²) in [5, 5.41) is 10.00. The molecule has 1 amide bonds. The minimum atomic E-state index is -1.32. The lowest BCUT2D eigenvalue weighted by Crippen LogP contribution is -2.14. The van der Waals surface area contributed by atoms with Gasteiger partial charge in [0.1, 0.15) is 40.5 Å². The molecule has 0 aliphatic rings. The van der Waals surface area contributed by atoms with E-state index in [1.807, 2.05) is 6.92 Å². The van der Waals surface area contributed by atoms with Crippen LogP contribution in [0.1, 0.15) is 28.5 Å². The lowest BCUT2D eigenvalue weighted by atomic mass is 10.1. The van der Waals surface area contributed by atoms with Crippen molar-refractivity contribution in [3.05, 3.63) is 77.5 Å². The van der Waals surface area contributed by atoms with Gasteiger partial charge in [-0.3, -0.25) is 14.9 Å². The standard InChI is InChI=1S/C24H24FN7O3S/c1-3-36(34)32-18-9-6-16(10-19(18)35-13-15-4-7-17(25)8-5-15)22-21(23(26)33)24(31-30-22)29-20-12-27-14(2)11-28-20/h4-12,32H,3,13H2,1-2H3,(H2,26,33)(H2,28,29,30,31). The monoisotopic (exact) mass is 509 g/mol. The van der Waals surface area contributed by atoms with Crippen molar-refractivity contribution < 1.29 is 18.1 Å². The van der Waals surface area contributed by atoms with E-state index in [9.17, 15) is 13.4 Å². The second-order valence-corrected chi connectivity index (χ2v) is 9.19. The lowest BCUT2D eigenvalue weighted by molar-refractivity contribution is 0.100. The summed E-state index contributed by atoms with van der Waals surface area (Å²) in [6, 6.07) is 11.0. The lowest BCUT2D eigenvalue weighted by Gasteiger charge is -2.14. The van der Waals surface area contributed by atoms with Gasteiger partial charge in [-0.2, -0.15) is 5.10 Å². The number of primary amides is 1. The van der Waals surface area contributed by atoms with Crippen LogP contribution in [-0.2, 0) is 17.6 Å². The molecule has 10 nitrogen and oxygen atoms in total. The number of benzene rings is 2. The summed E-state index contributed by atoms with van der Waals surface area (Å²) in [6.07, 6.45) is 3.10. The van der Waals surface area contributed by atoms with E-state index >= 15 is 0 Å². The van der Waals surface area contributed by atoms with Crippen LogP contribution in [-0.4, -0.2) is 36.0 Å². The molecule has 0 aliphatic heterocycles. The zero-order chi connectivity index (χ0) is 25.7. The molecule has 36 heavy (non-hydrogen) atoms. The molecule has 2 heterocycles. The van der Waals surface area contributed by atoms with Crippen molar-refractivity contribution in [2.24, 2.45) is 5.73 Å². The Morgan fingerprint density at radius 1 is 1.17 bits per heavy atom. The number of nitrogens with zero attached hydrogens (tertiary/aromatic N) is 3. The van der Waals surface area contributed by atoms with Crippen molar-refractivity contribution in [2.75, 3.05) is 15.8 Å². The first-order valence-corrected chi connectivity index (χ1v) is 12.3. The largest absolute Gasteiger partial charge is 0.487 e. The molecule has 1 unspecified atom stereocenters. The fourth-order valence-corrected chi connectivity index (χ4v) is 3.84. The number of aryl methyl sites for hydroxylation is 1. The molecule has 0 saturated heterocycles. The minimum absolute atomic E-state index is 0.125. The van der Waals surface area contributed by atoms with Gasteiger partial charge >= 0.3 is 0 Å². The van der Waals surface area contributed by atoms with E-state index < -0.39 is 16.9 Å².